The highest BCUT2D eigenvalue weighted by Crippen LogP contribution is 2.38. The molecule has 3 heteroatoms. The third-order valence-electron chi connectivity index (χ3n) is 6.97. The first-order valence-electron chi connectivity index (χ1n) is 12.7. The molecule has 0 N–H and O–H groups in total. The van der Waals surface area contributed by atoms with Crippen molar-refractivity contribution in [3.63, 3.8) is 0 Å². The maximum atomic E-state index is 13.8. The summed E-state index contributed by atoms with van der Waals surface area (Å²) < 4.78 is 0. The highest BCUT2D eigenvalue weighted by Gasteiger charge is 2.43. The van der Waals surface area contributed by atoms with Crippen molar-refractivity contribution in [2.45, 2.75) is 44.4 Å². The molecule has 34 heavy (non-hydrogen) atoms. The summed E-state index contributed by atoms with van der Waals surface area (Å²) in [5.74, 6) is 0.790. The van der Waals surface area contributed by atoms with E-state index < -0.39 is 5.41 Å². The Hall–Kier alpha value is -2.91. The van der Waals surface area contributed by atoms with Crippen LogP contribution >= 0.6 is 0 Å². The second-order valence-electron chi connectivity index (χ2n) is 9.11. The Kier molecular flexibility index (Phi) is 9.47. The summed E-state index contributed by atoms with van der Waals surface area (Å²) in [6.45, 7) is 7.07. The van der Waals surface area contributed by atoms with E-state index in [0.29, 0.717) is 5.92 Å². The molecule has 0 saturated carbocycles. The van der Waals surface area contributed by atoms with Crippen LogP contribution in [0.3, 0.4) is 0 Å². The van der Waals surface area contributed by atoms with Crippen LogP contribution in [0.5, 0.6) is 0 Å². The number of benzene rings is 3. The molecule has 0 aliphatic carbocycles. The van der Waals surface area contributed by atoms with Gasteiger partial charge in [-0.3, -0.25) is 4.79 Å². The van der Waals surface area contributed by atoms with Crippen molar-refractivity contribution in [1.82, 2.24) is 9.80 Å². The largest absolute Gasteiger partial charge is 0.348 e. The van der Waals surface area contributed by atoms with E-state index in [0.717, 1.165) is 37.2 Å². The molecule has 0 radical (unpaired) electrons. The van der Waals surface area contributed by atoms with Gasteiger partial charge in [-0.15, -0.1) is 0 Å². The molecule has 1 aliphatic rings. The van der Waals surface area contributed by atoms with Gasteiger partial charge in [0, 0.05) is 14.1 Å². The van der Waals surface area contributed by atoms with Crippen LogP contribution in [0.4, 0.5) is 0 Å². The highest BCUT2D eigenvalue weighted by atomic mass is 16.2. The molecule has 1 saturated heterocycles. The number of carbonyl (C=O) groups is 1. The van der Waals surface area contributed by atoms with Crippen molar-refractivity contribution >= 4 is 5.91 Å². The van der Waals surface area contributed by atoms with Crippen molar-refractivity contribution in [2.24, 2.45) is 0 Å². The number of hydrogen-bond donors (Lipinski definition) is 0. The lowest BCUT2D eigenvalue weighted by molar-refractivity contribution is -0.133. The van der Waals surface area contributed by atoms with E-state index in [1.807, 2.05) is 64.3 Å². The quantitative estimate of drug-likeness (QED) is 0.413. The Morgan fingerprint density at radius 1 is 0.794 bits per heavy atom. The molecule has 3 aromatic rings. The topological polar surface area (TPSA) is 23.6 Å². The number of rotatable bonds is 7. The fourth-order valence-corrected chi connectivity index (χ4v) is 5.18. The minimum Gasteiger partial charge on any atom is -0.348 e. The Balaban J connectivity index is 0.00000158. The molecule has 3 nitrogen and oxygen atoms in total. The number of likely N-dealkylation sites (N-methyl/N-ethyl adjacent to an activating group) is 1. The SMILES string of the molecule is CC.CN(C)C(=O)C(CCN1CCC(c2ccccc2)CC1)(c1ccccc1)c1ccccc1. The van der Waals surface area contributed by atoms with Crippen LogP contribution in [0, 0.1) is 0 Å². The number of carbonyl (C=O) groups excluding carboxylic acids is 1. The Morgan fingerprint density at radius 2 is 1.24 bits per heavy atom. The average Bonchev–Trinajstić information content (AvgIpc) is 2.92. The highest BCUT2D eigenvalue weighted by molar-refractivity contribution is 5.91. The first-order valence-corrected chi connectivity index (χ1v) is 12.7. The van der Waals surface area contributed by atoms with E-state index in [4.69, 9.17) is 0 Å². The van der Waals surface area contributed by atoms with Crippen molar-refractivity contribution in [3.8, 4) is 0 Å². The maximum Gasteiger partial charge on any atom is 0.237 e. The van der Waals surface area contributed by atoms with E-state index >= 15 is 0 Å². The summed E-state index contributed by atoms with van der Waals surface area (Å²) in [6, 6.07) is 31.5. The van der Waals surface area contributed by atoms with Gasteiger partial charge in [0.2, 0.25) is 5.91 Å². The molecule has 1 amide bonds. The van der Waals surface area contributed by atoms with Gasteiger partial charge in [0.25, 0.3) is 0 Å². The zero-order chi connectivity index (χ0) is 24.4. The van der Waals surface area contributed by atoms with Gasteiger partial charge in [-0.2, -0.15) is 0 Å². The average molecular weight is 457 g/mol. The van der Waals surface area contributed by atoms with Gasteiger partial charge in [0.15, 0.2) is 0 Å². The summed E-state index contributed by atoms with van der Waals surface area (Å²) >= 11 is 0. The monoisotopic (exact) mass is 456 g/mol. The molecule has 1 heterocycles. The first kappa shape index (κ1) is 25.7. The lowest BCUT2D eigenvalue weighted by Gasteiger charge is -2.39. The van der Waals surface area contributed by atoms with E-state index in [9.17, 15) is 4.79 Å². The molecule has 1 fully saturated rings. The van der Waals surface area contributed by atoms with Crippen LogP contribution in [-0.2, 0) is 10.2 Å². The second-order valence-corrected chi connectivity index (χ2v) is 9.11. The molecular weight excluding hydrogens is 416 g/mol. The second kappa shape index (κ2) is 12.5. The van der Waals surface area contributed by atoms with Gasteiger partial charge in [-0.1, -0.05) is 105 Å². The molecule has 0 aromatic heterocycles. The van der Waals surface area contributed by atoms with Crippen LogP contribution in [0.25, 0.3) is 0 Å². The molecule has 180 valence electrons. The van der Waals surface area contributed by atoms with Gasteiger partial charge in [-0.05, 0) is 61.5 Å². The Morgan fingerprint density at radius 3 is 1.68 bits per heavy atom. The zero-order valence-corrected chi connectivity index (χ0v) is 21.3. The summed E-state index contributed by atoms with van der Waals surface area (Å²) in [6.07, 6.45) is 3.12. The lowest BCUT2D eigenvalue weighted by Crippen LogP contribution is -2.47. The molecule has 0 unspecified atom stereocenters. The van der Waals surface area contributed by atoms with Gasteiger partial charge < -0.3 is 9.80 Å². The summed E-state index contributed by atoms with van der Waals surface area (Å²) in [4.78, 5) is 18.1. The molecule has 0 spiro atoms. The van der Waals surface area contributed by atoms with Crippen LogP contribution in [0.1, 0.15) is 55.7 Å². The van der Waals surface area contributed by atoms with Gasteiger partial charge in [0.1, 0.15) is 5.41 Å². The van der Waals surface area contributed by atoms with E-state index in [2.05, 4.69) is 59.5 Å². The third-order valence-corrected chi connectivity index (χ3v) is 6.97. The number of piperidine rings is 1. The molecular formula is C31H40N2O. The number of likely N-dealkylation sites (tertiary alicyclic amines) is 1. The van der Waals surface area contributed by atoms with Gasteiger partial charge in [-0.25, -0.2) is 0 Å². The first-order chi connectivity index (χ1) is 16.6. The predicted molar refractivity (Wildman–Crippen MR) is 143 cm³/mol. The summed E-state index contributed by atoms with van der Waals surface area (Å²) in [5.41, 5.74) is 2.92. The fraction of sp³-hybridized carbons (Fsp3) is 0.387. The number of hydrogen-bond acceptors (Lipinski definition) is 2. The van der Waals surface area contributed by atoms with Crippen LogP contribution in [0.2, 0.25) is 0 Å². The summed E-state index contributed by atoms with van der Waals surface area (Å²) in [5, 5.41) is 0. The Bertz CT molecular complexity index is 938. The molecule has 0 atom stereocenters. The summed E-state index contributed by atoms with van der Waals surface area (Å²) in [7, 11) is 3.74. The zero-order valence-electron chi connectivity index (χ0n) is 21.3. The maximum absolute atomic E-state index is 13.8. The molecule has 0 bridgehead atoms. The van der Waals surface area contributed by atoms with Crippen molar-refractivity contribution in [1.29, 1.82) is 0 Å². The van der Waals surface area contributed by atoms with Crippen LogP contribution in [0.15, 0.2) is 91.0 Å². The van der Waals surface area contributed by atoms with E-state index in [1.54, 1.807) is 4.90 Å². The van der Waals surface area contributed by atoms with Crippen LogP contribution < -0.4 is 0 Å². The van der Waals surface area contributed by atoms with Crippen molar-refractivity contribution in [2.75, 3.05) is 33.7 Å². The fourth-order valence-electron chi connectivity index (χ4n) is 5.18. The molecule has 4 rings (SSSR count). The minimum atomic E-state index is -0.678. The molecule has 3 aromatic carbocycles. The number of amides is 1. The minimum absolute atomic E-state index is 0.147. The van der Waals surface area contributed by atoms with E-state index in [-0.39, 0.29) is 5.91 Å². The van der Waals surface area contributed by atoms with Gasteiger partial charge >= 0.3 is 0 Å². The van der Waals surface area contributed by atoms with Gasteiger partial charge in [0.05, 0.1) is 0 Å². The van der Waals surface area contributed by atoms with Crippen molar-refractivity contribution < 1.29 is 4.79 Å². The standard InChI is InChI=1S/C29H34N2O.C2H6/c1-30(2)28(32)29(26-14-8-4-9-15-26,27-16-10-5-11-17-27)20-23-31-21-18-25(19-22-31)24-12-6-3-7-13-24;1-2/h3-17,25H,18-23H2,1-2H3;1-2H3. The third kappa shape index (κ3) is 5.77. The normalized spacial score (nSPS) is 14.7. The van der Waals surface area contributed by atoms with Crippen molar-refractivity contribution in [3.05, 3.63) is 108 Å². The molecule has 1 aliphatic heterocycles. The lowest BCUT2D eigenvalue weighted by atomic mass is 9.70. The smallest absolute Gasteiger partial charge is 0.237 e. The number of nitrogens with zero attached hydrogens (tertiary/aromatic N) is 2. The Labute approximate surface area is 206 Å². The van der Waals surface area contributed by atoms with E-state index in [1.165, 1.54) is 18.4 Å². The van der Waals surface area contributed by atoms with Crippen LogP contribution in [-0.4, -0.2) is 49.4 Å². The predicted octanol–water partition coefficient (Wildman–Crippen LogP) is 6.36.